The summed E-state index contributed by atoms with van der Waals surface area (Å²) in [5.41, 5.74) is 6.33. The number of hydrogen-bond donors (Lipinski definition) is 1. The molecule has 78 valence electrons. The fraction of sp³-hybridized carbons (Fsp3) is 0.455. The van der Waals surface area contributed by atoms with Crippen LogP contribution in [0.15, 0.2) is 18.2 Å². The van der Waals surface area contributed by atoms with Crippen molar-refractivity contribution in [2.75, 3.05) is 7.11 Å². The molecule has 0 aliphatic carbocycles. The highest BCUT2D eigenvalue weighted by Gasteiger charge is 2.17. The van der Waals surface area contributed by atoms with Crippen LogP contribution in [0.3, 0.4) is 0 Å². The second-order valence-corrected chi connectivity index (χ2v) is 3.51. The summed E-state index contributed by atoms with van der Waals surface area (Å²) in [6.07, 6.45) is 0. The first-order valence-electron chi connectivity index (χ1n) is 4.66. The van der Waals surface area contributed by atoms with E-state index in [0.717, 1.165) is 0 Å². The van der Waals surface area contributed by atoms with Gasteiger partial charge in [0.15, 0.2) is 11.6 Å². The molecule has 1 aromatic rings. The Morgan fingerprint density at radius 2 is 2.00 bits per heavy atom. The van der Waals surface area contributed by atoms with E-state index >= 15 is 0 Å². The van der Waals surface area contributed by atoms with Crippen LogP contribution in [0.2, 0.25) is 0 Å². The molecule has 0 saturated heterocycles. The zero-order valence-corrected chi connectivity index (χ0v) is 8.75. The first-order chi connectivity index (χ1) is 6.57. The fourth-order valence-electron chi connectivity index (χ4n) is 1.32. The van der Waals surface area contributed by atoms with Gasteiger partial charge in [-0.25, -0.2) is 4.39 Å². The molecule has 3 heteroatoms. The first kappa shape index (κ1) is 11.0. The van der Waals surface area contributed by atoms with Crippen LogP contribution in [0, 0.1) is 5.82 Å². The van der Waals surface area contributed by atoms with Crippen LogP contribution in [0.25, 0.3) is 0 Å². The Balaban J connectivity index is 3.09. The fourth-order valence-corrected chi connectivity index (χ4v) is 1.32. The van der Waals surface area contributed by atoms with E-state index in [2.05, 4.69) is 0 Å². The lowest BCUT2D eigenvalue weighted by Gasteiger charge is -2.17. The lowest BCUT2D eigenvalue weighted by Crippen LogP contribution is -2.23. The van der Waals surface area contributed by atoms with E-state index in [-0.39, 0.29) is 23.5 Å². The molecule has 2 N–H and O–H groups in total. The third-order valence-corrected chi connectivity index (χ3v) is 2.49. The highest BCUT2D eigenvalue weighted by molar-refractivity contribution is 5.33. The molecule has 0 spiro atoms. The summed E-state index contributed by atoms with van der Waals surface area (Å²) in [7, 11) is 1.46. The molecule has 1 rings (SSSR count). The number of benzene rings is 1. The largest absolute Gasteiger partial charge is 0.494 e. The third-order valence-electron chi connectivity index (χ3n) is 2.49. The van der Waals surface area contributed by atoms with Crippen LogP contribution in [-0.4, -0.2) is 13.2 Å². The van der Waals surface area contributed by atoms with E-state index in [1.54, 1.807) is 18.2 Å². The molecule has 2 atom stereocenters. The van der Waals surface area contributed by atoms with Gasteiger partial charge in [-0.15, -0.1) is 0 Å². The molecule has 14 heavy (non-hydrogen) atoms. The average Bonchev–Trinajstić information content (AvgIpc) is 2.17. The van der Waals surface area contributed by atoms with Crippen molar-refractivity contribution in [3.8, 4) is 5.75 Å². The molecule has 0 saturated carbocycles. The summed E-state index contributed by atoms with van der Waals surface area (Å²) < 4.78 is 18.6. The van der Waals surface area contributed by atoms with Crippen molar-refractivity contribution >= 4 is 0 Å². The van der Waals surface area contributed by atoms with Crippen molar-refractivity contribution in [1.82, 2.24) is 0 Å². The van der Waals surface area contributed by atoms with Crippen molar-refractivity contribution < 1.29 is 9.13 Å². The van der Waals surface area contributed by atoms with Gasteiger partial charge in [0.2, 0.25) is 0 Å². The first-order valence-corrected chi connectivity index (χ1v) is 4.66. The molecular formula is C11H16FNO. The van der Waals surface area contributed by atoms with Gasteiger partial charge in [0.1, 0.15) is 0 Å². The van der Waals surface area contributed by atoms with Crippen molar-refractivity contribution in [2.45, 2.75) is 25.8 Å². The SMILES string of the molecule is COc1cccc(C(C)C(C)N)c1F. The Morgan fingerprint density at radius 1 is 1.36 bits per heavy atom. The maximum atomic E-state index is 13.7. The standard InChI is InChI=1S/C11H16FNO/c1-7(8(2)13)9-5-4-6-10(14-3)11(9)12/h4-8H,13H2,1-3H3. The van der Waals surface area contributed by atoms with Gasteiger partial charge in [-0.05, 0) is 24.5 Å². The second kappa shape index (κ2) is 4.42. The van der Waals surface area contributed by atoms with Crippen LogP contribution < -0.4 is 10.5 Å². The van der Waals surface area contributed by atoms with E-state index in [1.807, 2.05) is 13.8 Å². The summed E-state index contributed by atoms with van der Waals surface area (Å²) in [4.78, 5) is 0. The molecule has 0 fully saturated rings. The topological polar surface area (TPSA) is 35.2 Å². The van der Waals surface area contributed by atoms with E-state index in [1.165, 1.54) is 7.11 Å². The Hall–Kier alpha value is -1.09. The average molecular weight is 197 g/mol. The smallest absolute Gasteiger partial charge is 0.168 e. The van der Waals surface area contributed by atoms with Crippen LogP contribution in [0.4, 0.5) is 4.39 Å². The predicted molar refractivity (Wildman–Crippen MR) is 55.0 cm³/mol. The minimum Gasteiger partial charge on any atom is -0.494 e. The molecule has 0 aliphatic heterocycles. The number of rotatable bonds is 3. The normalized spacial score (nSPS) is 14.9. The molecule has 0 aromatic heterocycles. The third kappa shape index (κ3) is 2.04. The van der Waals surface area contributed by atoms with Crippen molar-refractivity contribution in [1.29, 1.82) is 0 Å². The monoisotopic (exact) mass is 197 g/mol. The lowest BCUT2D eigenvalue weighted by molar-refractivity contribution is 0.381. The van der Waals surface area contributed by atoms with Gasteiger partial charge in [0.25, 0.3) is 0 Å². The Labute approximate surface area is 83.9 Å². The highest BCUT2D eigenvalue weighted by atomic mass is 19.1. The molecule has 0 amide bonds. The molecule has 2 unspecified atom stereocenters. The Morgan fingerprint density at radius 3 is 2.50 bits per heavy atom. The molecule has 0 aliphatic rings. The van der Waals surface area contributed by atoms with Crippen LogP contribution in [0.1, 0.15) is 25.3 Å². The minimum absolute atomic E-state index is 0.00917. The van der Waals surface area contributed by atoms with Gasteiger partial charge in [-0.1, -0.05) is 19.1 Å². The summed E-state index contributed by atoms with van der Waals surface area (Å²) in [6.45, 7) is 3.77. The van der Waals surface area contributed by atoms with Crippen LogP contribution >= 0.6 is 0 Å². The van der Waals surface area contributed by atoms with Gasteiger partial charge in [-0.2, -0.15) is 0 Å². The second-order valence-electron chi connectivity index (χ2n) is 3.51. The van der Waals surface area contributed by atoms with E-state index in [0.29, 0.717) is 5.56 Å². The van der Waals surface area contributed by atoms with E-state index in [9.17, 15) is 4.39 Å². The predicted octanol–water partition coefficient (Wildman–Crippen LogP) is 2.29. The Bertz CT molecular complexity index is 312. The lowest BCUT2D eigenvalue weighted by atomic mass is 9.94. The molecule has 0 bridgehead atoms. The number of ether oxygens (including phenoxy) is 1. The van der Waals surface area contributed by atoms with Crippen LogP contribution in [-0.2, 0) is 0 Å². The molecule has 0 radical (unpaired) electrons. The summed E-state index contributed by atoms with van der Waals surface area (Å²) in [5.74, 6) is -0.0418. The number of methoxy groups -OCH3 is 1. The molecule has 1 aromatic carbocycles. The molecular weight excluding hydrogens is 181 g/mol. The maximum Gasteiger partial charge on any atom is 0.168 e. The summed E-state index contributed by atoms with van der Waals surface area (Å²) >= 11 is 0. The number of hydrogen-bond acceptors (Lipinski definition) is 2. The number of nitrogens with two attached hydrogens (primary N) is 1. The molecule has 0 heterocycles. The summed E-state index contributed by atoms with van der Waals surface area (Å²) in [6, 6.07) is 5.05. The Kier molecular flexibility index (Phi) is 3.47. The highest BCUT2D eigenvalue weighted by Crippen LogP contribution is 2.27. The summed E-state index contributed by atoms with van der Waals surface area (Å²) in [5, 5.41) is 0. The van der Waals surface area contributed by atoms with Gasteiger partial charge in [-0.3, -0.25) is 0 Å². The minimum atomic E-state index is -0.306. The van der Waals surface area contributed by atoms with Gasteiger partial charge >= 0.3 is 0 Å². The van der Waals surface area contributed by atoms with Gasteiger partial charge in [0.05, 0.1) is 7.11 Å². The van der Waals surface area contributed by atoms with Crippen molar-refractivity contribution in [3.05, 3.63) is 29.6 Å². The van der Waals surface area contributed by atoms with Crippen molar-refractivity contribution in [2.24, 2.45) is 5.73 Å². The maximum absolute atomic E-state index is 13.7. The quantitative estimate of drug-likeness (QED) is 0.806. The number of halogens is 1. The van der Waals surface area contributed by atoms with E-state index in [4.69, 9.17) is 10.5 Å². The van der Waals surface area contributed by atoms with Crippen LogP contribution in [0.5, 0.6) is 5.75 Å². The van der Waals surface area contributed by atoms with E-state index < -0.39 is 0 Å². The van der Waals surface area contributed by atoms with Crippen molar-refractivity contribution in [3.63, 3.8) is 0 Å². The zero-order valence-electron chi connectivity index (χ0n) is 8.75. The zero-order chi connectivity index (χ0) is 10.7. The molecule has 2 nitrogen and oxygen atoms in total. The van der Waals surface area contributed by atoms with Gasteiger partial charge in [0, 0.05) is 6.04 Å². The van der Waals surface area contributed by atoms with Gasteiger partial charge < -0.3 is 10.5 Å².